The molecule has 4 N–H and O–H groups in total. The summed E-state index contributed by atoms with van der Waals surface area (Å²) in [6, 6.07) is 7.59. The zero-order valence-electron chi connectivity index (χ0n) is 15.3. The van der Waals surface area contributed by atoms with E-state index in [9.17, 15) is 0 Å². The Labute approximate surface area is 164 Å². The molecule has 1 fully saturated rings. The third-order valence-electron chi connectivity index (χ3n) is 4.31. The van der Waals surface area contributed by atoms with Gasteiger partial charge in [-0.05, 0) is 11.6 Å². The number of nitrogen functional groups attached to an aromatic ring is 1. The Bertz CT molecular complexity index is 801. The first-order valence-electron chi connectivity index (χ1n) is 8.53. The Morgan fingerprint density at radius 3 is 2.50 bits per heavy atom. The van der Waals surface area contributed by atoms with Gasteiger partial charge in [0.2, 0.25) is 0 Å². The lowest BCUT2D eigenvalue weighted by Gasteiger charge is -2.39. The highest BCUT2D eigenvalue weighted by Gasteiger charge is 2.31. The van der Waals surface area contributed by atoms with E-state index in [-0.39, 0.29) is 5.41 Å². The minimum absolute atomic E-state index is 0.229. The van der Waals surface area contributed by atoms with Crippen LogP contribution >= 0.6 is 24.2 Å². The number of nitrogens with two attached hydrogens (primary N) is 2. The molecule has 0 unspecified atom stereocenters. The molecule has 0 radical (unpaired) electrons. The predicted molar refractivity (Wildman–Crippen MR) is 112 cm³/mol. The molecule has 8 heteroatoms. The largest absolute Gasteiger partial charge is 0.393 e. The van der Waals surface area contributed by atoms with Crippen LogP contribution in [0, 0.1) is 0 Å². The van der Waals surface area contributed by atoms with Gasteiger partial charge in [-0.15, -0.1) is 0 Å². The molecule has 0 atom stereocenters. The second-order valence-corrected chi connectivity index (χ2v) is 8.77. The summed E-state index contributed by atoms with van der Waals surface area (Å²) in [5, 5.41) is 2.53. The highest BCUT2D eigenvalue weighted by atomic mass is 35.5. The number of anilines is 3. The first-order chi connectivity index (χ1) is 12.2. The highest BCUT2D eigenvalue weighted by Crippen LogP contribution is 2.35. The molecule has 1 aliphatic rings. The maximum Gasteiger partial charge on any atom is 0.172 e. The molecule has 3 rings (SSSR count). The molecule has 0 amide bonds. The molecule has 0 bridgehead atoms. The SMILES string of the molecule is CC(C)(C)c1nc(N(N)Cc2ccccc2Cl)c(N)c(N2CC(S)C2)n1. The summed E-state index contributed by atoms with van der Waals surface area (Å²) in [4.78, 5) is 11.5. The van der Waals surface area contributed by atoms with Gasteiger partial charge in [-0.1, -0.05) is 50.6 Å². The normalized spacial score (nSPS) is 15.1. The standard InChI is InChI=1S/C18H25ClN6S/c1-18(2,3)17-22-15(24-9-12(26)10-24)14(20)16(23-17)25(21)8-11-6-4-5-7-13(11)19/h4-7,12,26H,8-10,20-21H2,1-3H3. The van der Waals surface area contributed by atoms with Crippen molar-refractivity contribution < 1.29 is 0 Å². The average Bonchev–Trinajstić information content (AvgIpc) is 2.53. The fourth-order valence-electron chi connectivity index (χ4n) is 2.75. The van der Waals surface area contributed by atoms with Gasteiger partial charge >= 0.3 is 0 Å². The molecule has 1 aromatic heterocycles. The van der Waals surface area contributed by atoms with Crippen molar-refractivity contribution >= 4 is 41.6 Å². The Morgan fingerprint density at radius 2 is 1.92 bits per heavy atom. The van der Waals surface area contributed by atoms with Gasteiger partial charge in [-0.25, -0.2) is 15.8 Å². The molecule has 1 saturated heterocycles. The second kappa shape index (κ2) is 7.13. The second-order valence-electron chi connectivity index (χ2n) is 7.64. The van der Waals surface area contributed by atoms with Crippen LogP contribution in [0.5, 0.6) is 0 Å². The Kier molecular flexibility index (Phi) is 5.23. The average molecular weight is 393 g/mol. The van der Waals surface area contributed by atoms with Crippen molar-refractivity contribution in [3.63, 3.8) is 0 Å². The van der Waals surface area contributed by atoms with Crippen LogP contribution in [0.25, 0.3) is 0 Å². The molecule has 140 valence electrons. The van der Waals surface area contributed by atoms with E-state index in [0.29, 0.717) is 34.1 Å². The molecule has 6 nitrogen and oxygen atoms in total. The summed E-state index contributed by atoms with van der Waals surface area (Å²) in [5.41, 5.74) is 7.56. The summed E-state index contributed by atoms with van der Waals surface area (Å²) in [5.74, 6) is 8.28. The molecule has 2 aromatic rings. The van der Waals surface area contributed by atoms with E-state index in [4.69, 9.17) is 28.2 Å². The molecule has 0 spiro atoms. The van der Waals surface area contributed by atoms with Crippen molar-refractivity contribution in [3.05, 3.63) is 40.7 Å². The molecule has 26 heavy (non-hydrogen) atoms. The first-order valence-corrected chi connectivity index (χ1v) is 9.43. The van der Waals surface area contributed by atoms with Crippen molar-refractivity contribution in [3.8, 4) is 0 Å². The van der Waals surface area contributed by atoms with Crippen LogP contribution in [0.4, 0.5) is 17.3 Å². The zero-order valence-corrected chi connectivity index (χ0v) is 16.9. The van der Waals surface area contributed by atoms with Gasteiger partial charge in [0.25, 0.3) is 0 Å². The maximum absolute atomic E-state index is 6.40. The number of benzene rings is 1. The highest BCUT2D eigenvalue weighted by molar-refractivity contribution is 7.81. The van der Waals surface area contributed by atoms with Crippen LogP contribution in [0.1, 0.15) is 32.2 Å². The summed E-state index contributed by atoms with van der Waals surface area (Å²) >= 11 is 10.7. The van der Waals surface area contributed by atoms with E-state index in [1.165, 1.54) is 5.01 Å². The predicted octanol–water partition coefficient (Wildman–Crippen LogP) is 3.01. The lowest BCUT2D eigenvalue weighted by atomic mass is 9.95. The Balaban J connectivity index is 1.99. The zero-order chi connectivity index (χ0) is 19.1. The molecule has 0 saturated carbocycles. The number of aromatic nitrogens is 2. The molecular weight excluding hydrogens is 368 g/mol. The number of hydrazine groups is 1. The van der Waals surface area contributed by atoms with Crippen molar-refractivity contribution in [1.29, 1.82) is 0 Å². The minimum Gasteiger partial charge on any atom is -0.393 e. The minimum atomic E-state index is -0.229. The summed E-state index contributed by atoms with van der Waals surface area (Å²) in [6.45, 7) is 8.22. The monoisotopic (exact) mass is 392 g/mol. The Morgan fingerprint density at radius 1 is 1.27 bits per heavy atom. The van der Waals surface area contributed by atoms with E-state index in [1.54, 1.807) is 0 Å². The number of halogens is 1. The number of nitrogens with zero attached hydrogens (tertiary/aromatic N) is 4. The molecular formula is C18H25ClN6S. The van der Waals surface area contributed by atoms with Gasteiger partial charge < -0.3 is 10.6 Å². The van der Waals surface area contributed by atoms with Crippen molar-refractivity contribution in [2.45, 2.75) is 38.0 Å². The lowest BCUT2D eigenvalue weighted by molar-refractivity contribution is 0.538. The third-order valence-corrected chi connectivity index (χ3v) is 5.00. The fraction of sp³-hybridized carbons (Fsp3) is 0.444. The molecule has 0 aliphatic carbocycles. The van der Waals surface area contributed by atoms with Gasteiger partial charge in [-0.3, -0.25) is 5.01 Å². The molecule has 1 aromatic carbocycles. The van der Waals surface area contributed by atoms with Crippen molar-refractivity contribution in [2.24, 2.45) is 5.84 Å². The maximum atomic E-state index is 6.40. The van der Waals surface area contributed by atoms with Crippen LogP contribution in [0.15, 0.2) is 24.3 Å². The van der Waals surface area contributed by atoms with Crippen LogP contribution in [0.3, 0.4) is 0 Å². The van der Waals surface area contributed by atoms with E-state index >= 15 is 0 Å². The third kappa shape index (κ3) is 3.84. The number of hydrogen-bond acceptors (Lipinski definition) is 7. The first kappa shape index (κ1) is 19.1. The summed E-state index contributed by atoms with van der Waals surface area (Å²) in [6.07, 6.45) is 0. The number of hydrogen-bond donors (Lipinski definition) is 3. The Hall–Kier alpha value is -1.70. The van der Waals surface area contributed by atoms with E-state index in [2.05, 4.69) is 43.3 Å². The number of thiol groups is 1. The van der Waals surface area contributed by atoms with Crippen LogP contribution in [0.2, 0.25) is 5.02 Å². The van der Waals surface area contributed by atoms with E-state index in [0.717, 1.165) is 24.5 Å². The lowest BCUT2D eigenvalue weighted by Crippen LogP contribution is -2.49. The van der Waals surface area contributed by atoms with Crippen LogP contribution < -0.4 is 21.5 Å². The van der Waals surface area contributed by atoms with Gasteiger partial charge in [0.1, 0.15) is 11.5 Å². The van der Waals surface area contributed by atoms with Gasteiger partial charge in [0.05, 0.1) is 6.54 Å². The summed E-state index contributed by atoms with van der Waals surface area (Å²) < 4.78 is 0. The van der Waals surface area contributed by atoms with E-state index in [1.807, 2.05) is 24.3 Å². The van der Waals surface area contributed by atoms with Gasteiger partial charge in [0, 0.05) is 28.8 Å². The molecule has 1 aliphatic heterocycles. The van der Waals surface area contributed by atoms with Gasteiger partial charge in [0.15, 0.2) is 11.6 Å². The molecule has 2 heterocycles. The quantitative estimate of drug-likeness (QED) is 0.421. The smallest absolute Gasteiger partial charge is 0.172 e. The number of rotatable bonds is 4. The van der Waals surface area contributed by atoms with Crippen LogP contribution in [-0.2, 0) is 12.0 Å². The van der Waals surface area contributed by atoms with Crippen molar-refractivity contribution in [1.82, 2.24) is 9.97 Å². The topological polar surface area (TPSA) is 84.3 Å². The van der Waals surface area contributed by atoms with Gasteiger partial charge in [-0.2, -0.15) is 12.6 Å². The fourth-order valence-corrected chi connectivity index (χ4v) is 3.34. The summed E-state index contributed by atoms with van der Waals surface area (Å²) in [7, 11) is 0. The van der Waals surface area contributed by atoms with Crippen LogP contribution in [-0.4, -0.2) is 28.3 Å². The van der Waals surface area contributed by atoms with Crippen molar-refractivity contribution in [2.75, 3.05) is 28.7 Å². The van der Waals surface area contributed by atoms with E-state index < -0.39 is 0 Å².